The first-order chi connectivity index (χ1) is 16.8. The van der Waals surface area contributed by atoms with Gasteiger partial charge in [0.15, 0.2) is 5.65 Å². The molecule has 35 heavy (non-hydrogen) atoms. The van der Waals surface area contributed by atoms with Crippen molar-refractivity contribution in [2.75, 3.05) is 43.7 Å². The van der Waals surface area contributed by atoms with Gasteiger partial charge in [0.1, 0.15) is 11.3 Å². The van der Waals surface area contributed by atoms with Gasteiger partial charge in [-0.05, 0) is 43.0 Å². The third kappa shape index (κ3) is 5.45. The maximum Gasteiger partial charge on any atom is 0.261 e. The molecule has 0 unspecified atom stereocenters. The number of fused-ring (bicyclic) bond motifs is 1. The summed E-state index contributed by atoms with van der Waals surface area (Å²) >= 11 is 0. The van der Waals surface area contributed by atoms with E-state index in [4.69, 9.17) is 9.47 Å². The molecule has 0 atom stereocenters. The number of carbonyl (C=O) groups excluding carboxylic acids is 1. The fourth-order valence-electron chi connectivity index (χ4n) is 3.53. The number of aromatic nitrogens is 5. The van der Waals surface area contributed by atoms with E-state index in [0.717, 1.165) is 0 Å². The van der Waals surface area contributed by atoms with Crippen molar-refractivity contribution in [3.63, 3.8) is 0 Å². The molecule has 0 bridgehead atoms. The summed E-state index contributed by atoms with van der Waals surface area (Å²) in [4.78, 5) is 17.4. The number of benzene rings is 1. The number of nitrogens with one attached hydrogen (secondary N) is 1. The van der Waals surface area contributed by atoms with E-state index in [1.54, 1.807) is 54.6 Å². The Balaban J connectivity index is 1.70. The van der Waals surface area contributed by atoms with Crippen molar-refractivity contribution in [1.29, 1.82) is 5.26 Å². The smallest absolute Gasteiger partial charge is 0.261 e. The summed E-state index contributed by atoms with van der Waals surface area (Å²) in [5.41, 5.74) is 2.96. The van der Waals surface area contributed by atoms with Crippen LogP contribution in [0.15, 0.2) is 49.1 Å². The van der Waals surface area contributed by atoms with E-state index in [0.29, 0.717) is 58.6 Å². The topological polar surface area (TPSA) is 119 Å². The monoisotopic (exact) mass is 493 g/mol. The highest BCUT2D eigenvalue weighted by Crippen LogP contribution is 2.37. The van der Waals surface area contributed by atoms with Gasteiger partial charge in [-0.3, -0.25) is 9.48 Å². The zero-order valence-electron chi connectivity index (χ0n) is 20.1. The molecule has 4 rings (SSSR count). The summed E-state index contributed by atoms with van der Waals surface area (Å²) in [7, 11) is 0.766. The number of nitriles is 1. The molecule has 10 nitrogen and oxygen atoms in total. The summed E-state index contributed by atoms with van der Waals surface area (Å²) in [5.74, 6) is 0.865. The molecule has 1 aromatic carbocycles. The fourth-order valence-corrected chi connectivity index (χ4v) is 4.15. The predicted molar refractivity (Wildman–Crippen MR) is 136 cm³/mol. The standard InChI is InChI=1S/C24H27N7O3S/c1-33-21-7-6-17(13-25)12-18(21)22-20(15-28-30(22)10-11-34-16-35(2,3)4)29-24(32)19-14-27-31-9-5-8-26-23(19)31/h5-9,12,14-15H,10-11,16H2,1-4H3,(H,29,32). The number of hydrogen-bond acceptors (Lipinski definition) is 7. The fraction of sp³-hybridized carbons (Fsp3) is 0.292. The molecule has 0 saturated carbocycles. The summed E-state index contributed by atoms with van der Waals surface area (Å²) < 4.78 is 14.7. The van der Waals surface area contributed by atoms with Gasteiger partial charge < -0.3 is 14.8 Å². The van der Waals surface area contributed by atoms with Crippen molar-refractivity contribution in [1.82, 2.24) is 24.4 Å². The van der Waals surface area contributed by atoms with Crippen molar-refractivity contribution in [2.45, 2.75) is 6.54 Å². The van der Waals surface area contributed by atoms with Gasteiger partial charge in [0, 0.05) is 18.0 Å². The number of carbonyl (C=O) groups is 1. The molecular formula is C24H27N7O3S. The lowest BCUT2D eigenvalue weighted by molar-refractivity contribution is 0.102. The van der Waals surface area contributed by atoms with E-state index < -0.39 is 10.0 Å². The normalized spacial score (nSPS) is 11.9. The van der Waals surface area contributed by atoms with E-state index in [-0.39, 0.29) is 5.91 Å². The second-order valence-electron chi connectivity index (χ2n) is 8.67. The molecule has 0 radical (unpaired) electrons. The van der Waals surface area contributed by atoms with Crippen LogP contribution in [0.3, 0.4) is 0 Å². The van der Waals surface area contributed by atoms with Gasteiger partial charge in [-0.25, -0.2) is 19.5 Å². The highest BCUT2D eigenvalue weighted by atomic mass is 32.3. The maximum absolute atomic E-state index is 13.2. The molecule has 0 saturated heterocycles. The molecule has 0 fully saturated rings. The minimum Gasteiger partial charge on any atom is -0.496 e. The Labute approximate surface area is 204 Å². The van der Waals surface area contributed by atoms with Crippen molar-refractivity contribution in [3.8, 4) is 23.1 Å². The molecule has 3 heterocycles. The quantitative estimate of drug-likeness (QED) is 0.355. The van der Waals surface area contributed by atoms with E-state index in [2.05, 4.69) is 45.3 Å². The molecule has 0 aliphatic heterocycles. The first kappa shape index (κ1) is 24.3. The Hall–Kier alpha value is -3.88. The molecule has 0 aliphatic rings. The maximum atomic E-state index is 13.2. The summed E-state index contributed by atoms with van der Waals surface area (Å²) in [6.45, 7) is 0.906. The summed E-state index contributed by atoms with van der Waals surface area (Å²) in [6.07, 6.45) is 12.9. The molecule has 4 aromatic rings. The van der Waals surface area contributed by atoms with Crippen LogP contribution in [0, 0.1) is 11.3 Å². The van der Waals surface area contributed by atoms with E-state index >= 15 is 0 Å². The average Bonchev–Trinajstić information content (AvgIpc) is 3.45. The third-order valence-corrected chi connectivity index (χ3v) is 5.95. The van der Waals surface area contributed by atoms with Crippen LogP contribution in [-0.2, 0) is 11.3 Å². The molecule has 11 heteroatoms. The predicted octanol–water partition coefficient (Wildman–Crippen LogP) is 3.39. The van der Waals surface area contributed by atoms with E-state index in [1.165, 1.54) is 10.7 Å². The van der Waals surface area contributed by atoms with Crippen molar-refractivity contribution < 1.29 is 14.3 Å². The van der Waals surface area contributed by atoms with Crippen LogP contribution in [0.25, 0.3) is 16.9 Å². The molecule has 1 amide bonds. The minimum absolute atomic E-state index is 0.332. The van der Waals surface area contributed by atoms with E-state index in [9.17, 15) is 10.1 Å². The Morgan fingerprint density at radius 1 is 1.23 bits per heavy atom. The molecule has 3 aromatic heterocycles. The van der Waals surface area contributed by atoms with Crippen LogP contribution in [0.2, 0.25) is 0 Å². The van der Waals surface area contributed by atoms with Crippen molar-refractivity contribution >= 4 is 27.3 Å². The van der Waals surface area contributed by atoms with Crippen LogP contribution in [0.5, 0.6) is 5.75 Å². The van der Waals surface area contributed by atoms with Crippen LogP contribution >= 0.6 is 10.0 Å². The second kappa shape index (κ2) is 10.2. The van der Waals surface area contributed by atoms with Gasteiger partial charge in [-0.15, -0.1) is 0 Å². The number of amides is 1. The third-order valence-electron chi connectivity index (χ3n) is 5.08. The zero-order valence-corrected chi connectivity index (χ0v) is 20.9. The number of rotatable bonds is 9. The Kier molecular flexibility index (Phi) is 7.04. The highest BCUT2D eigenvalue weighted by molar-refractivity contribution is 8.32. The largest absolute Gasteiger partial charge is 0.496 e. The van der Waals surface area contributed by atoms with Gasteiger partial charge in [0.25, 0.3) is 5.91 Å². The first-order valence-corrected chi connectivity index (χ1v) is 13.8. The van der Waals surface area contributed by atoms with Crippen LogP contribution in [0.4, 0.5) is 5.69 Å². The number of hydrogen-bond donors (Lipinski definition) is 1. The first-order valence-electron chi connectivity index (χ1n) is 10.8. The van der Waals surface area contributed by atoms with Crippen molar-refractivity contribution in [3.05, 3.63) is 60.2 Å². The van der Waals surface area contributed by atoms with Gasteiger partial charge in [0.05, 0.1) is 61.6 Å². The molecule has 0 spiro atoms. The molecule has 1 N–H and O–H groups in total. The van der Waals surface area contributed by atoms with Gasteiger partial charge in [0.2, 0.25) is 0 Å². The number of methoxy groups -OCH3 is 1. The summed E-state index contributed by atoms with van der Waals surface area (Å²) in [5, 5.41) is 21.1. The average molecular weight is 494 g/mol. The number of anilines is 1. The molecule has 182 valence electrons. The Bertz CT molecular complexity index is 1400. The lowest BCUT2D eigenvalue weighted by Crippen LogP contribution is -2.14. The molecular weight excluding hydrogens is 466 g/mol. The number of ether oxygens (including phenoxy) is 2. The number of nitrogens with zero attached hydrogens (tertiary/aromatic N) is 6. The van der Waals surface area contributed by atoms with Crippen LogP contribution in [0.1, 0.15) is 15.9 Å². The lowest BCUT2D eigenvalue weighted by Gasteiger charge is -2.24. The van der Waals surface area contributed by atoms with Crippen LogP contribution < -0.4 is 10.1 Å². The lowest BCUT2D eigenvalue weighted by atomic mass is 10.1. The zero-order chi connectivity index (χ0) is 25.0. The van der Waals surface area contributed by atoms with Crippen LogP contribution in [-0.4, -0.2) is 68.7 Å². The van der Waals surface area contributed by atoms with Gasteiger partial charge in [-0.1, -0.05) is 0 Å². The van der Waals surface area contributed by atoms with Gasteiger partial charge >= 0.3 is 0 Å². The van der Waals surface area contributed by atoms with Crippen molar-refractivity contribution in [2.24, 2.45) is 0 Å². The Morgan fingerprint density at radius 3 is 2.80 bits per heavy atom. The van der Waals surface area contributed by atoms with E-state index in [1.807, 2.05) is 0 Å². The SMILES string of the molecule is COc1ccc(C#N)cc1-c1c(NC(=O)c2cnn3cccnc23)cnn1CCOCS(C)(C)C. The summed E-state index contributed by atoms with van der Waals surface area (Å²) in [6, 6.07) is 9.03. The van der Waals surface area contributed by atoms with Gasteiger partial charge in [-0.2, -0.15) is 15.5 Å². The molecule has 0 aliphatic carbocycles. The Morgan fingerprint density at radius 2 is 2.06 bits per heavy atom. The second-order valence-corrected chi connectivity index (χ2v) is 13.1. The highest BCUT2D eigenvalue weighted by Gasteiger charge is 2.22. The minimum atomic E-state index is -0.793.